The third kappa shape index (κ3) is 5.41. The van der Waals surface area contributed by atoms with Gasteiger partial charge in [0, 0.05) is 39.3 Å². The molecule has 2 heterocycles. The highest BCUT2D eigenvalue weighted by Gasteiger charge is 2.29. The van der Waals surface area contributed by atoms with Crippen LogP contribution in [0.5, 0.6) is 0 Å². The van der Waals surface area contributed by atoms with Gasteiger partial charge in [-0.3, -0.25) is 14.6 Å². The molecule has 1 aromatic carbocycles. The van der Waals surface area contributed by atoms with Crippen molar-refractivity contribution in [3.63, 3.8) is 0 Å². The number of nitrogens with one attached hydrogen (secondary N) is 2. The van der Waals surface area contributed by atoms with E-state index >= 15 is 0 Å². The summed E-state index contributed by atoms with van der Waals surface area (Å²) in [5.74, 6) is 1.69. The Balaban J connectivity index is 0.00000243. The van der Waals surface area contributed by atoms with Gasteiger partial charge in [-0.2, -0.15) is 5.10 Å². The molecule has 0 amide bonds. The van der Waals surface area contributed by atoms with Crippen molar-refractivity contribution in [3.05, 3.63) is 48.0 Å². The van der Waals surface area contributed by atoms with Gasteiger partial charge in [0.25, 0.3) is 0 Å². The zero-order valence-electron chi connectivity index (χ0n) is 15.6. The quantitative estimate of drug-likeness (QED) is 0.397. The lowest BCUT2D eigenvalue weighted by Gasteiger charge is -2.21. The third-order valence-corrected chi connectivity index (χ3v) is 4.72. The highest BCUT2D eigenvalue weighted by molar-refractivity contribution is 14.0. The van der Waals surface area contributed by atoms with E-state index in [2.05, 4.69) is 67.9 Å². The number of rotatable bonds is 5. The minimum Gasteiger partial charge on any atom is -0.352 e. The smallest absolute Gasteiger partial charge is 0.191 e. The molecule has 1 fully saturated rings. The predicted octanol–water partition coefficient (Wildman–Crippen LogP) is 1.76. The molecule has 1 aromatic heterocycles. The van der Waals surface area contributed by atoms with Crippen LogP contribution < -0.4 is 10.6 Å². The van der Waals surface area contributed by atoms with Crippen LogP contribution in [0.3, 0.4) is 0 Å². The molecule has 3 rings (SSSR count). The van der Waals surface area contributed by atoms with Gasteiger partial charge in [-0.1, -0.05) is 30.3 Å². The Kier molecular flexibility index (Phi) is 7.83. The van der Waals surface area contributed by atoms with Crippen molar-refractivity contribution in [2.24, 2.45) is 12.0 Å². The standard InChI is InChI=1S/C18H27N7.HI/c1-14-9-16(12-25(14)11-15-7-5-4-6-8-15)23-18(19-2)20-10-17-21-13-22-24(17)3;/h4-8,13-14,16H,9-12H2,1-3H3,(H2,19,20,23);1H. The molecule has 8 heteroatoms. The maximum atomic E-state index is 4.33. The molecule has 0 saturated carbocycles. The number of nitrogens with zero attached hydrogens (tertiary/aromatic N) is 5. The molecular weight excluding hydrogens is 441 g/mol. The van der Waals surface area contributed by atoms with Gasteiger partial charge in [0.15, 0.2) is 5.96 Å². The fourth-order valence-corrected chi connectivity index (χ4v) is 3.27. The highest BCUT2D eigenvalue weighted by Crippen LogP contribution is 2.20. The zero-order chi connectivity index (χ0) is 17.6. The van der Waals surface area contributed by atoms with Crippen molar-refractivity contribution in [3.8, 4) is 0 Å². The van der Waals surface area contributed by atoms with E-state index in [9.17, 15) is 0 Å². The molecule has 1 aliphatic heterocycles. The first-order valence-electron chi connectivity index (χ1n) is 8.73. The average molecular weight is 469 g/mol. The van der Waals surface area contributed by atoms with Crippen LogP contribution in [0.2, 0.25) is 0 Å². The summed E-state index contributed by atoms with van der Waals surface area (Å²) in [6.07, 6.45) is 2.67. The molecule has 0 spiro atoms. The number of likely N-dealkylation sites (tertiary alicyclic amines) is 1. The molecule has 0 bridgehead atoms. The van der Waals surface area contributed by atoms with Crippen molar-refractivity contribution in [1.29, 1.82) is 0 Å². The number of hydrogen-bond acceptors (Lipinski definition) is 4. The molecule has 1 saturated heterocycles. The summed E-state index contributed by atoms with van der Waals surface area (Å²) in [7, 11) is 3.69. The van der Waals surface area contributed by atoms with E-state index in [0.29, 0.717) is 18.6 Å². The van der Waals surface area contributed by atoms with E-state index in [4.69, 9.17) is 0 Å². The fourth-order valence-electron chi connectivity index (χ4n) is 3.27. The van der Waals surface area contributed by atoms with Gasteiger partial charge in [0.05, 0.1) is 6.54 Å². The third-order valence-electron chi connectivity index (χ3n) is 4.72. The SMILES string of the molecule is CN=C(NCc1ncnn1C)NC1CC(C)N(Cc2ccccc2)C1.I. The fraction of sp³-hybridized carbons (Fsp3) is 0.500. The van der Waals surface area contributed by atoms with E-state index in [1.54, 1.807) is 18.1 Å². The van der Waals surface area contributed by atoms with Crippen molar-refractivity contribution in [2.45, 2.75) is 38.5 Å². The lowest BCUT2D eigenvalue weighted by molar-refractivity contribution is 0.258. The van der Waals surface area contributed by atoms with Gasteiger partial charge in [-0.25, -0.2) is 4.98 Å². The average Bonchev–Trinajstić information content (AvgIpc) is 3.18. The summed E-state index contributed by atoms with van der Waals surface area (Å²) in [4.78, 5) is 11.1. The Morgan fingerprint density at radius 1 is 1.31 bits per heavy atom. The van der Waals surface area contributed by atoms with Gasteiger partial charge in [-0.05, 0) is 18.9 Å². The Morgan fingerprint density at radius 3 is 2.73 bits per heavy atom. The summed E-state index contributed by atoms with van der Waals surface area (Å²) in [5.41, 5.74) is 1.36. The number of hydrogen-bond donors (Lipinski definition) is 2. The van der Waals surface area contributed by atoms with Crippen LogP contribution in [0.15, 0.2) is 41.7 Å². The van der Waals surface area contributed by atoms with E-state index < -0.39 is 0 Å². The molecule has 2 unspecified atom stereocenters. The molecule has 1 aliphatic rings. The van der Waals surface area contributed by atoms with Crippen molar-refractivity contribution < 1.29 is 0 Å². The number of guanidine groups is 1. The van der Waals surface area contributed by atoms with Crippen LogP contribution >= 0.6 is 24.0 Å². The largest absolute Gasteiger partial charge is 0.352 e. The van der Waals surface area contributed by atoms with E-state index in [1.807, 2.05) is 7.05 Å². The van der Waals surface area contributed by atoms with Crippen LogP contribution in [-0.2, 0) is 20.1 Å². The summed E-state index contributed by atoms with van der Waals surface area (Å²) < 4.78 is 1.76. The number of halogens is 1. The molecule has 2 N–H and O–H groups in total. The Labute approximate surface area is 172 Å². The first-order chi connectivity index (χ1) is 12.2. The van der Waals surface area contributed by atoms with Gasteiger partial charge in [-0.15, -0.1) is 24.0 Å². The van der Waals surface area contributed by atoms with E-state index in [1.165, 1.54) is 5.56 Å². The number of aryl methyl sites for hydroxylation is 1. The van der Waals surface area contributed by atoms with E-state index in [0.717, 1.165) is 31.3 Å². The van der Waals surface area contributed by atoms with Crippen LogP contribution in [0.1, 0.15) is 24.7 Å². The van der Waals surface area contributed by atoms with Crippen LogP contribution in [-0.4, -0.2) is 51.3 Å². The Morgan fingerprint density at radius 2 is 2.08 bits per heavy atom. The maximum absolute atomic E-state index is 4.33. The topological polar surface area (TPSA) is 70.4 Å². The molecule has 7 nitrogen and oxygen atoms in total. The van der Waals surface area contributed by atoms with Crippen molar-refractivity contribution >= 4 is 29.9 Å². The molecule has 0 radical (unpaired) electrons. The normalized spacial score (nSPS) is 20.7. The summed E-state index contributed by atoms with van der Waals surface area (Å²) >= 11 is 0. The van der Waals surface area contributed by atoms with Gasteiger partial charge in [0.1, 0.15) is 12.2 Å². The second-order valence-corrected chi connectivity index (χ2v) is 6.57. The lowest BCUT2D eigenvalue weighted by Crippen LogP contribution is -2.44. The molecular formula is C18H28IN7. The minimum absolute atomic E-state index is 0. The summed E-state index contributed by atoms with van der Waals surface area (Å²) in [5, 5.41) is 10.9. The first-order valence-corrected chi connectivity index (χ1v) is 8.73. The molecule has 2 atom stereocenters. The van der Waals surface area contributed by atoms with Crippen LogP contribution in [0, 0.1) is 0 Å². The Hall–Kier alpha value is -1.68. The van der Waals surface area contributed by atoms with Gasteiger partial charge >= 0.3 is 0 Å². The zero-order valence-corrected chi connectivity index (χ0v) is 17.9. The second kappa shape index (κ2) is 9.86. The number of aliphatic imine (C=N–C) groups is 1. The maximum Gasteiger partial charge on any atom is 0.191 e. The minimum atomic E-state index is 0. The number of aromatic nitrogens is 3. The predicted molar refractivity (Wildman–Crippen MR) is 114 cm³/mol. The molecule has 26 heavy (non-hydrogen) atoms. The lowest BCUT2D eigenvalue weighted by atomic mass is 10.2. The first kappa shape index (κ1) is 20.6. The Bertz CT molecular complexity index is 701. The summed E-state index contributed by atoms with van der Waals surface area (Å²) in [6.45, 7) is 4.90. The molecule has 0 aliphatic carbocycles. The van der Waals surface area contributed by atoms with Gasteiger partial charge < -0.3 is 10.6 Å². The molecule has 2 aromatic rings. The highest BCUT2D eigenvalue weighted by atomic mass is 127. The van der Waals surface area contributed by atoms with Crippen molar-refractivity contribution in [1.82, 2.24) is 30.3 Å². The van der Waals surface area contributed by atoms with Crippen LogP contribution in [0.25, 0.3) is 0 Å². The van der Waals surface area contributed by atoms with E-state index in [-0.39, 0.29) is 24.0 Å². The van der Waals surface area contributed by atoms with Crippen molar-refractivity contribution in [2.75, 3.05) is 13.6 Å². The van der Waals surface area contributed by atoms with Crippen LogP contribution in [0.4, 0.5) is 0 Å². The number of benzene rings is 1. The molecule has 142 valence electrons. The van der Waals surface area contributed by atoms with Gasteiger partial charge in [0.2, 0.25) is 0 Å². The monoisotopic (exact) mass is 469 g/mol. The second-order valence-electron chi connectivity index (χ2n) is 6.57. The summed E-state index contributed by atoms with van der Waals surface area (Å²) in [6, 6.07) is 11.6.